The van der Waals surface area contributed by atoms with Crippen molar-refractivity contribution in [1.82, 2.24) is 0 Å². The number of nitro groups is 1. The van der Waals surface area contributed by atoms with Crippen LogP contribution < -0.4 is 0 Å². The van der Waals surface area contributed by atoms with Crippen molar-refractivity contribution in [2.24, 2.45) is 0 Å². The van der Waals surface area contributed by atoms with Crippen LogP contribution >= 0.6 is 15.9 Å². The van der Waals surface area contributed by atoms with Crippen molar-refractivity contribution < 1.29 is 10.0 Å². The largest absolute Gasteiger partial charge is 0.507 e. The van der Waals surface area contributed by atoms with Gasteiger partial charge in [0.2, 0.25) is 0 Å². The van der Waals surface area contributed by atoms with Crippen LogP contribution in [0.4, 0.5) is 5.69 Å². The van der Waals surface area contributed by atoms with Gasteiger partial charge < -0.3 is 5.11 Å². The third kappa shape index (κ3) is 1.55. The Morgan fingerprint density at radius 2 is 2.17 bits per heavy atom. The summed E-state index contributed by atoms with van der Waals surface area (Å²) in [7, 11) is 0. The molecule has 1 aromatic carbocycles. The number of aromatic hydroxyl groups is 1. The quantitative estimate of drug-likeness (QED) is 0.597. The van der Waals surface area contributed by atoms with Crippen LogP contribution in [0, 0.1) is 17.0 Å². The Labute approximate surface area is 77.1 Å². The van der Waals surface area contributed by atoms with Crippen molar-refractivity contribution in [3.05, 3.63) is 32.3 Å². The first-order valence-corrected chi connectivity index (χ1v) is 3.95. The molecular formula is C7H6BrNO3. The molecule has 0 aliphatic rings. The highest BCUT2D eigenvalue weighted by Crippen LogP contribution is 2.30. The van der Waals surface area contributed by atoms with Gasteiger partial charge in [-0.25, -0.2) is 0 Å². The van der Waals surface area contributed by atoms with E-state index in [1.54, 1.807) is 6.92 Å². The molecule has 0 saturated carbocycles. The van der Waals surface area contributed by atoms with Crippen LogP contribution in [0.2, 0.25) is 0 Å². The van der Waals surface area contributed by atoms with Crippen LogP contribution in [0.3, 0.4) is 0 Å². The molecule has 0 aliphatic carbocycles. The average molecular weight is 232 g/mol. The van der Waals surface area contributed by atoms with E-state index in [2.05, 4.69) is 15.9 Å². The topological polar surface area (TPSA) is 63.4 Å². The van der Waals surface area contributed by atoms with Gasteiger partial charge >= 0.3 is 0 Å². The standard InChI is InChI=1S/C7H6BrNO3/c1-4-6(8)2-5(9(11)12)3-7(4)10/h2-3,10H,1H3. The lowest BCUT2D eigenvalue weighted by Crippen LogP contribution is -1.88. The fourth-order valence-corrected chi connectivity index (χ4v) is 1.19. The van der Waals surface area contributed by atoms with Crippen molar-refractivity contribution >= 4 is 21.6 Å². The second kappa shape index (κ2) is 3.10. The molecule has 12 heavy (non-hydrogen) atoms. The molecule has 0 spiro atoms. The molecule has 0 aromatic heterocycles. The SMILES string of the molecule is Cc1c(O)cc([N+](=O)[O-])cc1Br. The predicted molar refractivity (Wildman–Crippen MR) is 47.2 cm³/mol. The molecule has 64 valence electrons. The van der Waals surface area contributed by atoms with Gasteiger partial charge in [0.15, 0.2) is 0 Å². The number of hydrogen-bond donors (Lipinski definition) is 1. The zero-order valence-electron chi connectivity index (χ0n) is 6.24. The number of phenolic OH excluding ortho intramolecular Hbond substituents is 1. The second-order valence-electron chi connectivity index (χ2n) is 2.33. The Balaban J connectivity index is 3.31. The normalized spacial score (nSPS) is 9.83. The molecule has 0 atom stereocenters. The van der Waals surface area contributed by atoms with Gasteiger partial charge in [0, 0.05) is 16.1 Å². The summed E-state index contributed by atoms with van der Waals surface area (Å²) >= 11 is 3.10. The lowest BCUT2D eigenvalue weighted by molar-refractivity contribution is -0.385. The zero-order valence-corrected chi connectivity index (χ0v) is 7.83. The van der Waals surface area contributed by atoms with E-state index in [0.29, 0.717) is 10.0 Å². The molecule has 0 fully saturated rings. The first-order valence-electron chi connectivity index (χ1n) is 3.16. The van der Waals surface area contributed by atoms with Crippen molar-refractivity contribution in [2.45, 2.75) is 6.92 Å². The zero-order chi connectivity index (χ0) is 9.30. The minimum absolute atomic E-state index is 0.0731. The summed E-state index contributed by atoms with van der Waals surface area (Å²) in [6, 6.07) is 2.48. The maximum atomic E-state index is 10.3. The maximum absolute atomic E-state index is 10.3. The highest BCUT2D eigenvalue weighted by atomic mass is 79.9. The molecule has 0 bridgehead atoms. The number of benzene rings is 1. The van der Waals surface area contributed by atoms with Crippen LogP contribution in [-0.2, 0) is 0 Å². The molecule has 1 rings (SSSR count). The fourth-order valence-electron chi connectivity index (χ4n) is 0.756. The van der Waals surface area contributed by atoms with Crippen LogP contribution in [0.5, 0.6) is 5.75 Å². The maximum Gasteiger partial charge on any atom is 0.274 e. The van der Waals surface area contributed by atoms with Crippen molar-refractivity contribution in [3.8, 4) is 5.75 Å². The predicted octanol–water partition coefficient (Wildman–Crippen LogP) is 2.37. The van der Waals surface area contributed by atoms with Gasteiger partial charge in [0.1, 0.15) is 5.75 Å². The van der Waals surface area contributed by atoms with Crippen LogP contribution in [0.1, 0.15) is 5.56 Å². The van der Waals surface area contributed by atoms with Crippen molar-refractivity contribution in [2.75, 3.05) is 0 Å². The van der Waals surface area contributed by atoms with E-state index in [-0.39, 0.29) is 11.4 Å². The number of phenols is 1. The minimum atomic E-state index is -0.552. The lowest BCUT2D eigenvalue weighted by atomic mass is 10.2. The number of rotatable bonds is 1. The Morgan fingerprint density at radius 3 is 2.58 bits per heavy atom. The van der Waals surface area contributed by atoms with E-state index < -0.39 is 4.92 Å². The first kappa shape index (κ1) is 8.99. The molecule has 0 aliphatic heterocycles. The van der Waals surface area contributed by atoms with E-state index in [1.165, 1.54) is 6.07 Å². The van der Waals surface area contributed by atoms with Crippen molar-refractivity contribution in [1.29, 1.82) is 0 Å². The summed E-state index contributed by atoms with van der Waals surface area (Å²) in [5.41, 5.74) is 0.477. The van der Waals surface area contributed by atoms with Gasteiger partial charge in [0.05, 0.1) is 11.0 Å². The third-order valence-electron chi connectivity index (χ3n) is 1.51. The minimum Gasteiger partial charge on any atom is -0.507 e. The number of halogens is 1. The second-order valence-corrected chi connectivity index (χ2v) is 3.18. The fraction of sp³-hybridized carbons (Fsp3) is 0.143. The molecule has 0 heterocycles. The summed E-state index contributed by atoms with van der Waals surface area (Å²) < 4.78 is 0.536. The summed E-state index contributed by atoms with van der Waals surface area (Å²) in [6.07, 6.45) is 0. The number of non-ortho nitro benzene ring substituents is 1. The van der Waals surface area contributed by atoms with Gasteiger partial charge in [-0.15, -0.1) is 0 Å². The highest BCUT2D eigenvalue weighted by molar-refractivity contribution is 9.10. The molecule has 0 saturated heterocycles. The Hall–Kier alpha value is -1.10. The molecule has 1 N–H and O–H groups in total. The number of nitrogens with zero attached hydrogens (tertiary/aromatic N) is 1. The van der Waals surface area contributed by atoms with E-state index >= 15 is 0 Å². The van der Waals surface area contributed by atoms with E-state index in [0.717, 1.165) is 6.07 Å². The molecule has 0 unspecified atom stereocenters. The molecule has 0 amide bonds. The smallest absolute Gasteiger partial charge is 0.274 e. The molecule has 5 heteroatoms. The Morgan fingerprint density at radius 1 is 1.58 bits per heavy atom. The third-order valence-corrected chi connectivity index (χ3v) is 2.34. The van der Waals surface area contributed by atoms with Gasteiger partial charge in [0.25, 0.3) is 5.69 Å². The van der Waals surface area contributed by atoms with E-state index in [1.807, 2.05) is 0 Å². The lowest BCUT2D eigenvalue weighted by Gasteiger charge is -2.00. The van der Waals surface area contributed by atoms with E-state index in [9.17, 15) is 15.2 Å². The monoisotopic (exact) mass is 231 g/mol. The van der Waals surface area contributed by atoms with Crippen LogP contribution in [-0.4, -0.2) is 10.0 Å². The first-order chi connectivity index (χ1) is 5.52. The Kier molecular flexibility index (Phi) is 2.32. The van der Waals surface area contributed by atoms with Gasteiger partial charge in [-0.2, -0.15) is 0 Å². The van der Waals surface area contributed by atoms with E-state index in [4.69, 9.17) is 0 Å². The highest BCUT2D eigenvalue weighted by Gasteiger charge is 2.11. The van der Waals surface area contributed by atoms with Crippen LogP contribution in [0.25, 0.3) is 0 Å². The molecule has 1 aromatic rings. The Bertz CT molecular complexity index is 314. The van der Waals surface area contributed by atoms with Crippen molar-refractivity contribution in [3.63, 3.8) is 0 Å². The summed E-state index contributed by atoms with van der Waals surface area (Å²) in [5.74, 6) is -0.0731. The molecular weight excluding hydrogens is 226 g/mol. The molecule has 0 radical (unpaired) electrons. The van der Waals surface area contributed by atoms with Gasteiger partial charge in [-0.3, -0.25) is 10.1 Å². The molecule has 4 nitrogen and oxygen atoms in total. The summed E-state index contributed by atoms with van der Waals surface area (Å²) in [5, 5.41) is 19.5. The number of hydrogen-bond acceptors (Lipinski definition) is 3. The van der Waals surface area contributed by atoms with Gasteiger partial charge in [-0.1, -0.05) is 15.9 Å². The van der Waals surface area contributed by atoms with Crippen LogP contribution in [0.15, 0.2) is 16.6 Å². The number of nitro benzene ring substituents is 1. The average Bonchev–Trinajstić information content (AvgIpc) is 1.99. The summed E-state index contributed by atoms with van der Waals surface area (Å²) in [4.78, 5) is 9.74. The van der Waals surface area contributed by atoms with Gasteiger partial charge in [-0.05, 0) is 6.92 Å². The summed E-state index contributed by atoms with van der Waals surface area (Å²) in [6.45, 7) is 1.67.